The van der Waals surface area contributed by atoms with Gasteiger partial charge < -0.3 is 10.2 Å². The Bertz CT molecular complexity index is 742. The lowest BCUT2D eigenvalue weighted by atomic mass is 9.96. The van der Waals surface area contributed by atoms with E-state index in [-0.39, 0.29) is 5.41 Å². The molecule has 0 aliphatic heterocycles. The SMILES string of the molecule is Nc1ccc2nc(C3(c4ccccc4)CC3)oc2c1. The molecule has 0 saturated heterocycles. The van der Waals surface area contributed by atoms with E-state index in [2.05, 4.69) is 29.2 Å². The minimum Gasteiger partial charge on any atom is -0.440 e. The van der Waals surface area contributed by atoms with Gasteiger partial charge in [-0.2, -0.15) is 0 Å². The molecule has 1 aliphatic carbocycles. The minimum atomic E-state index is -0.0188. The van der Waals surface area contributed by atoms with Crippen LogP contribution in [-0.4, -0.2) is 4.98 Å². The van der Waals surface area contributed by atoms with E-state index in [1.807, 2.05) is 24.3 Å². The van der Waals surface area contributed by atoms with E-state index in [0.29, 0.717) is 5.69 Å². The number of nitrogens with zero attached hydrogens (tertiary/aromatic N) is 1. The smallest absolute Gasteiger partial charge is 0.206 e. The first-order valence-electron chi connectivity index (χ1n) is 6.50. The van der Waals surface area contributed by atoms with E-state index in [1.54, 1.807) is 0 Å². The van der Waals surface area contributed by atoms with Crippen molar-refractivity contribution in [3.63, 3.8) is 0 Å². The van der Waals surface area contributed by atoms with Crippen molar-refractivity contribution in [2.24, 2.45) is 0 Å². The Hall–Kier alpha value is -2.29. The molecule has 1 heterocycles. The standard InChI is InChI=1S/C16H14N2O/c17-12-6-7-13-14(10-12)19-15(18-13)16(8-9-16)11-4-2-1-3-5-11/h1-7,10H,8-9,17H2. The van der Waals surface area contributed by atoms with Gasteiger partial charge in [0.1, 0.15) is 5.52 Å². The van der Waals surface area contributed by atoms with Gasteiger partial charge >= 0.3 is 0 Å². The van der Waals surface area contributed by atoms with Crippen molar-refractivity contribution in [2.75, 3.05) is 5.73 Å². The van der Waals surface area contributed by atoms with Crippen LogP contribution in [-0.2, 0) is 5.41 Å². The molecule has 1 aliphatic rings. The highest BCUT2D eigenvalue weighted by atomic mass is 16.3. The molecule has 4 rings (SSSR count). The van der Waals surface area contributed by atoms with E-state index < -0.39 is 0 Å². The van der Waals surface area contributed by atoms with Crippen molar-refractivity contribution in [3.05, 3.63) is 60.0 Å². The van der Waals surface area contributed by atoms with Crippen LogP contribution in [0.25, 0.3) is 11.1 Å². The second-order valence-corrected chi connectivity index (χ2v) is 5.19. The van der Waals surface area contributed by atoms with Gasteiger partial charge in [-0.1, -0.05) is 30.3 Å². The van der Waals surface area contributed by atoms with Gasteiger partial charge in [-0.25, -0.2) is 4.98 Å². The molecule has 0 amide bonds. The zero-order chi connectivity index (χ0) is 12.9. The van der Waals surface area contributed by atoms with Crippen LogP contribution in [0.4, 0.5) is 5.69 Å². The Balaban J connectivity index is 1.86. The summed E-state index contributed by atoms with van der Waals surface area (Å²) in [4.78, 5) is 4.64. The molecule has 2 aromatic carbocycles. The van der Waals surface area contributed by atoms with Crippen LogP contribution in [0.15, 0.2) is 52.9 Å². The molecular formula is C16H14N2O. The maximum absolute atomic E-state index is 5.94. The van der Waals surface area contributed by atoms with Crippen molar-refractivity contribution >= 4 is 16.8 Å². The lowest BCUT2D eigenvalue weighted by Crippen LogP contribution is -2.08. The maximum atomic E-state index is 5.94. The van der Waals surface area contributed by atoms with Gasteiger partial charge in [0.15, 0.2) is 5.58 Å². The summed E-state index contributed by atoms with van der Waals surface area (Å²) in [5.41, 5.74) is 9.41. The molecule has 0 spiro atoms. The van der Waals surface area contributed by atoms with E-state index >= 15 is 0 Å². The summed E-state index contributed by atoms with van der Waals surface area (Å²) >= 11 is 0. The van der Waals surface area contributed by atoms with Gasteiger partial charge in [-0.15, -0.1) is 0 Å². The number of fused-ring (bicyclic) bond motifs is 1. The van der Waals surface area contributed by atoms with E-state index in [9.17, 15) is 0 Å². The second-order valence-electron chi connectivity index (χ2n) is 5.19. The van der Waals surface area contributed by atoms with Gasteiger partial charge in [0.05, 0.1) is 5.41 Å². The van der Waals surface area contributed by atoms with Crippen LogP contribution >= 0.6 is 0 Å². The van der Waals surface area contributed by atoms with E-state index in [1.165, 1.54) is 5.56 Å². The first kappa shape index (κ1) is 10.6. The Morgan fingerprint density at radius 2 is 1.84 bits per heavy atom. The molecule has 94 valence electrons. The highest BCUT2D eigenvalue weighted by Gasteiger charge is 2.50. The van der Waals surface area contributed by atoms with Crippen LogP contribution < -0.4 is 5.73 Å². The van der Waals surface area contributed by atoms with Crippen LogP contribution in [0, 0.1) is 0 Å². The van der Waals surface area contributed by atoms with E-state index in [4.69, 9.17) is 10.2 Å². The number of hydrogen-bond acceptors (Lipinski definition) is 3. The zero-order valence-corrected chi connectivity index (χ0v) is 10.5. The van der Waals surface area contributed by atoms with Gasteiger partial charge in [0.25, 0.3) is 0 Å². The number of oxazole rings is 1. The molecule has 0 unspecified atom stereocenters. The van der Waals surface area contributed by atoms with Gasteiger partial charge in [0.2, 0.25) is 5.89 Å². The van der Waals surface area contributed by atoms with Gasteiger partial charge in [0, 0.05) is 11.8 Å². The third-order valence-electron chi connectivity index (χ3n) is 3.90. The third kappa shape index (κ3) is 1.55. The molecule has 0 atom stereocenters. The highest BCUT2D eigenvalue weighted by Crippen LogP contribution is 2.53. The number of aromatic nitrogens is 1. The minimum absolute atomic E-state index is 0.0188. The second kappa shape index (κ2) is 3.60. The summed E-state index contributed by atoms with van der Waals surface area (Å²) in [5.74, 6) is 0.819. The Morgan fingerprint density at radius 1 is 1.05 bits per heavy atom. The van der Waals surface area contributed by atoms with E-state index in [0.717, 1.165) is 29.8 Å². The number of benzene rings is 2. The van der Waals surface area contributed by atoms with Crippen molar-refractivity contribution in [2.45, 2.75) is 18.3 Å². The highest BCUT2D eigenvalue weighted by molar-refractivity contribution is 5.77. The lowest BCUT2D eigenvalue weighted by molar-refractivity contribution is 0.492. The molecule has 3 heteroatoms. The fraction of sp³-hybridized carbons (Fsp3) is 0.188. The first-order chi connectivity index (χ1) is 9.28. The lowest BCUT2D eigenvalue weighted by Gasteiger charge is -2.10. The molecule has 2 N–H and O–H groups in total. The molecule has 0 radical (unpaired) electrons. The van der Waals surface area contributed by atoms with Crippen molar-refractivity contribution in [3.8, 4) is 0 Å². The summed E-state index contributed by atoms with van der Waals surface area (Å²) in [5, 5.41) is 0. The largest absolute Gasteiger partial charge is 0.440 e. The molecule has 0 bridgehead atoms. The van der Waals surface area contributed by atoms with Crippen LogP contribution in [0.3, 0.4) is 0 Å². The quantitative estimate of drug-likeness (QED) is 0.708. The summed E-state index contributed by atoms with van der Waals surface area (Å²) in [6.07, 6.45) is 2.19. The summed E-state index contributed by atoms with van der Waals surface area (Å²) < 4.78 is 5.94. The molecule has 1 fully saturated rings. The fourth-order valence-electron chi connectivity index (χ4n) is 2.65. The number of nitrogen functional groups attached to an aromatic ring is 1. The van der Waals surface area contributed by atoms with Crippen LogP contribution in [0.5, 0.6) is 0 Å². The molecule has 19 heavy (non-hydrogen) atoms. The first-order valence-corrected chi connectivity index (χ1v) is 6.50. The number of anilines is 1. The monoisotopic (exact) mass is 250 g/mol. The summed E-state index contributed by atoms with van der Waals surface area (Å²) in [6, 6.07) is 16.1. The molecule has 1 aromatic heterocycles. The zero-order valence-electron chi connectivity index (χ0n) is 10.5. The van der Waals surface area contributed by atoms with Gasteiger partial charge in [-0.05, 0) is 30.5 Å². The Morgan fingerprint density at radius 3 is 2.58 bits per heavy atom. The predicted molar refractivity (Wildman–Crippen MR) is 74.9 cm³/mol. The predicted octanol–water partition coefficient (Wildman–Crippen LogP) is 3.49. The number of nitrogens with two attached hydrogens (primary N) is 1. The van der Waals surface area contributed by atoms with Crippen molar-refractivity contribution in [1.29, 1.82) is 0 Å². The van der Waals surface area contributed by atoms with Crippen LogP contribution in [0.1, 0.15) is 24.3 Å². The Kier molecular flexibility index (Phi) is 2.01. The number of rotatable bonds is 2. The third-order valence-corrected chi connectivity index (χ3v) is 3.90. The average molecular weight is 250 g/mol. The molecule has 1 saturated carbocycles. The molecule has 3 aromatic rings. The normalized spacial score (nSPS) is 16.6. The fourth-order valence-corrected chi connectivity index (χ4v) is 2.65. The number of hydrogen-bond donors (Lipinski definition) is 1. The molecule has 3 nitrogen and oxygen atoms in total. The summed E-state index contributed by atoms with van der Waals surface area (Å²) in [7, 11) is 0. The van der Waals surface area contributed by atoms with Crippen molar-refractivity contribution in [1.82, 2.24) is 4.98 Å². The molecular weight excluding hydrogens is 236 g/mol. The van der Waals surface area contributed by atoms with Crippen LogP contribution in [0.2, 0.25) is 0 Å². The van der Waals surface area contributed by atoms with Gasteiger partial charge in [-0.3, -0.25) is 0 Å². The Labute approximate surface area is 111 Å². The maximum Gasteiger partial charge on any atom is 0.206 e. The average Bonchev–Trinajstić information content (AvgIpc) is 3.14. The topological polar surface area (TPSA) is 52.0 Å². The summed E-state index contributed by atoms with van der Waals surface area (Å²) in [6.45, 7) is 0. The van der Waals surface area contributed by atoms with Crippen molar-refractivity contribution < 1.29 is 4.42 Å².